The molecule has 5 nitrogen and oxygen atoms in total. The Bertz CT molecular complexity index is 311. The molecule has 0 aromatic heterocycles. The van der Waals surface area contributed by atoms with Gasteiger partial charge >= 0.3 is 5.97 Å². The van der Waals surface area contributed by atoms with Crippen LogP contribution in [0.15, 0.2) is 0 Å². The second-order valence-corrected chi connectivity index (χ2v) is 5.79. The molecule has 0 aromatic carbocycles. The van der Waals surface area contributed by atoms with E-state index in [4.69, 9.17) is 9.84 Å². The summed E-state index contributed by atoms with van der Waals surface area (Å²) in [4.78, 5) is 22.8. The Morgan fingerprint density at radius 2 is 2.05 bits per heavy atom. The Balaban J connectivity index is 2.10. The van der Waals surface area contributed by atoms with Gasteiger partial charge in [0, 0.05) is 26.2 Å². The summed E-state index contributed by atoms with van der Waals surface area (Å²) in [5, 5.41) is 11.9. The fourth-order valence-corrected chi connectivity index (χ4v) is 2.16. The fraction of sp³-hybridized carbons (Fsp3) is 0.857. The van der Waals surface area contributed by atoms with Crippen molar-refractivity contribution in [2.75, 3.05) is 19.8 Å². The van der Waals surface area contributed by atoms with Gasteiger partial charge in [-0.15, -0.1) is 0 Å². The summed E-state index contributed by atoms with van der Waals surface area (Å²) < 4.78 is 5.40. The van der Waals surface area contributed by atoms with Gasteiger partial charge in [0.25, 0.3) is 0 Å². The number of ether oxygens (including phenoxy) is 1. The van der Waals surface area contributed by atoms with Crippen molar-refractivity contribution < 1.29 is 19.4 Å². The van der Waals surface area contributed by atoms with Gasteiger partial charge in [-0.05, 0) is 25.2 Å². The van der Waals surface area contributed by atoms with Crippen LogP contribution in [0.5, 0.6) is 0 Å². The first-order valence-corrected chi connectivity index (χ1v) is 7.04. The second kappa shape index (κ2) is 7.48. The number of aliphatic carboxylic acids is 1. The molecular weight excluding hydrogens is 246 g/mol. The molecule has 1 aliphatic rings. The lowest BCUT2D eigenvalue weighted by atomic mass is 9.66. The van der Waals surface area contributed by atoms with Crippen LogP contribution in [0.1, 0.15) is 46.0 Å². The van der Waals surface area contributed by atoms with E-state index >= 15 is 0 Å². The van der Waals surface area contributed by atoms with Crippen LogP contribution >= 0.6 is 0 Å². The van der Waals surface area contributed by atoms with Crippen molar-refractivity contribution >= 4 is 11.9 Å². The molecular formula is C14H25NO4. The maximum Gasteiger partial charge on any atom is 0.310 e. The molecule has 0 aliphatic heterocycles. The zero-order valence-electron chi connectivity index (χ0n) is 11.9. The number of amides is 1. The number of rotatable bonds is 9. The molecule has 0 heterocycles. The highest BCUT2D eigenvalue weighted by atomic mass is 16.5. The van der Waals surface area contributed by atoms with Gasteiger partial charge in [-0.25, -0.2) is 0 Å². The van der Waals surface area contributed by atoms with E-state index < -0.39 is 11.4 Å². The van der Waals surface area contributed by atoms with Crippen molar-refractivity contribution in [1.29, 1.82) is 0 Å². The summed E-state index contributed by atoms with van der Waals surface area (Å²) in [5.41, 5.74) is -0.793. The van der Waals surface area contributed by atoms with Crippen LogP contribution in [0.3, 0.4) is 0 Å². The smallest absolute Gasteiger partial charge is 0.310 e. The van der Waals surface area contributed by atoms with E-state index in [1.54, 1.807) is 0 Å². The van der Waals surface area contributed by atoms with Crippen LogP contribution in [0.2, 0.25) is 0 Å². The van der Waals surface area contributed by atoms with E-state index in [0.717, 1.165) is 19.4 Å². The third kappa shape index (κ3) is 5.19. The number of nitrogens with one attached hydrogen (secondary N) is 1. The first-order chi connectivity index (χ1) is 8.96. The molecule has 19 heavy (non-hydrogen) atoms. The van der Waals surface area contributed by atoms with Crippen molar-refractivity contribution in [3.63, 3.8) is 0 Å². The maximum atomic E-state index is 11.7. The number of hydrogen-bond acceptors (Lipinski definition) is 3. The Morgan fingerprint density at radius 1 is 1.37 bits per heavy atom. The summed E-state index contributed by atoms with van der Waals surface area (Å²) in [5.74, 6) is -0.483. The molecule has 1 saturated carbocycles. The van der Waals surface area contributed by atoms with Crippen molar-refractivity contribution in [2.45, 2.75) is 46.0 Å². The minimum atomic E-state index is -0.839. The number of hydrogen-bond donors (Lipinski definition) is 2. The second-order valence-electron chi connectivity index (χ2n) is 5.79. The number of carboxylic acid groups (broad SMARTS) is 1. The summed E-state index contributed by atoms with van der Waals surface area (Å²) in [6.45, 7) is 6.09. The lowest BCUT2D eigenvalue weighted by Gasteiger charge is -2.36. The zero-order valence-corrected chi connectivity index (χ0v) is 11.9. The van der Waals surface area contributed by atoms with Crippen LogP contribution in [0, 0.1) is 11.3 Å². The van der Waals surface area contributed by atoms with Gasteiger partial charge in [0.05, 0.1) is 5.41 Å². The summed E-state index contributed by atoms with van der Waals surface area (Å²) >= 11 is 0. The normalized spacial score (nSPS) is 17.0. The largest absolute Gasteiger partial charge is 0.481 e. The van der Waals surface area contributed by atoms with Crippen LogP contribution < -0.4 is 5.32 Å². The Kier molecular flexibility index (Phi) is 6.28. The third-order valence-corrected chi connectivity index (χ3v) is 3.50. The molecule has 0 atom stereocenters. The van der Waals surface area contributed by atoms with Gasteiger partial charge in [0.2, 0.25) is 5.91 Å². The summed E-state index contributed by atoms with van der Waals surface area (Å²) in [6.07, 6.45) is 3.01. The molecule has 0 spiro atoms. The molecule has 0 saturated heterocycles. The molecule has 1 fully saturated rings. The minimum absolute atomic E-state index is 0.106. The van der Waals surface area contributed by atoms with Crippen LogP contribution in [-0.4, -0.2) is 36.7 Å². The van der Waals surface area contributed by atoms with Gasteiger partial charge in [-0.1, -0.05) is 20.3 Å². The van der Waals surface area contributed by atoms with E-state index in [2.05, 4.69) is 19.2 Å². The van der Waals surface area contributed by atoms with Crippen molar-refractivity contribution in [1.82, 2.24) is 5.32 Å². The number of carbonyl (C=O) groups is 2. The van der Waals surface area contributed by atoms with E-state index in [1.165, 1.54) is 0 Å². The van der Waals surface area contributed by atoms with Gasteiger partial charge in [-0.3, -0.25) is 9.59 Å². The molecule has 0 radical (unpaired) electrons. The Hall–Kier alpha value is -1.10. The maximum absolute atomic E-state index is 11.7. The molecule has 110 valence electrons. The van der Waals surface area contributed by atoms with Gasteiger partial charge in [0.15, 0.2) is 0 Å². The topological polar surface area (TPSA) is 75.6 Å². The molecule has 1 aliphatic carbocycles. The quantitative estimate of drug-likeness (QED) is 0.627. The van der Waals surface area contributed by atoms with E-state index in [-0.39, 0.29) is 12.3 Å². The molecule has 5 heteroatoms. The van der Waals surface area contributed by atoms with E-state index in [9.17, 15) is 9.59 Å². The fourth-order valence-electron chi connectivity index (χ4n) is 2.16. The minimum Gasteiger partial charge on any atom is -0.481 e. The Morgan fingerprint density at radius 3 is 2.53 bits per heavy atom. The molecule has 2 N–H and O–H groups in total. The van der Waals surface area contributed by atoms with Crippen LogP contribution in [-0.2, 0) is 14.3 Å². The van der Waals surface area contributed by atoms with Crippen molar-refractivity contribution in [3.8, 4) is 0 Å². The van der Waals surface area contributed by atoms with Gasteiger partial charge in [0.1, 0.15) is 0 Å². The lowest BCUT2D eigenvalue weighted by molar-refractivity contribution is -0.157. The molecule has 0 bridgehead atoms. The zero-order chi connectivity index (χ0) is 14.3. The first kappa shape index (κ1) is 16.0. The highest BCUT2D eigenvalue weighted by Crippen LogP contribution is 2.44. The van der Waals surface area contributed by atoms with Crippen LogP contribution in [0.4, 0.5) is 0 Å². The number of carbonyl (C=O) groups excluding carboxylic acids is 1. The monoisotopic (exact) mass is 271 g/mol. The first-order valence-electron chi connectivity index (χ1n) is 7.04. The molecule has 0 unspecified atom stereocenters. The average Bonchev–Trinajstić information content (AvgIpc) is 2.27. The highest BCUT2D eigenvalue weighted by molar-refractivity contribution is 5.85. The number of carboxylic acids is 1. The van der Waals surface area contributed by atoms with E-state index in [0.29, 0.717) is 31.9 Å². The van der Waals surface area contributed by atoms with Gasteiger partial charge in [-0.2, -0.15) is 0 Å². The predicted octanol–water partition coefficient (Wildman–Crippen LogP) is 1.81. The molecule has 0 aromatic rings. The summed E-state index contributed by atoms with van der Waals surface area (Å²) in [7, 11) is 0. The lowest BCUT2D eigenvalue weighted by Crippen LogP contribution is -2.42. The Labute approximate surface area is 114 Å². The average molecular weight is 271 g/mol. The molecule has 1 rings (SSSR count). The van der Waals surface area contributed by atoms with E-state index in [1.807, 2.05) is 0 Å². The SMILES string of the molecule is CC(C)COCCCNC(=O)CC1(C(=O)O)CCC1. The molecule has 1 amide bonds. The van der Waals surface area contributed by atoms with Crippen LogP contribution in [0.25, 0.3) is 0 Å². The van der Waals surface area contributed by atoms with Crippen molar-refractivity contribution in [2.24, 2.45) is 11.3 Å². The third-order valence-electron chi connectivity index (χ3n) is 3.50. The van der Waals surface area contributed by atoms with Gasteiger partial charge < -0.3 is 15.2 Å². The van der Waals surface area contributed by atoms with Crippen molar-refractivity contribution in [3.05, 3.63) is 0 Å². The summed E-state index contributed by atoms with van der Waals surface area (Å²) in [6, 6.07) is 0. The standard InChI is InChI=1S/C14H25NO4/c1-11(2)10-19-8-4-7-15-12(16)9-14(13(17)18)5-3-6-14/h11H,3-10H2,1-2H3,(H,15,16)(H,17,18). The highest BCUT2D eigenvalue weighted by Gasteiger charge is 2.45. The predicted molar refractivity (Wildman–Crippen MR) is 71.8 cm³/mol.